The molecule has 2 atom stereocenters. The number of amides is 2. The van der Waals surface area contributed by atoms with E-state index < -0.39 is 47.5 Å². The van der Waals surface area contributed by atoms with Gasteiger partial charge in [0.25, 0.3) is 0 Å². The second-order valence-electron chi connectivity index (χ2n) is 9.49. The number of pyridine rings is 1. The van der Waals surface area contributed by atoms with Crippen LogP contribution in [0.1, 0.15) is 48.7 Å². The number of methoxy groups -OCH3 is 1. The summed E-state index contributed by atoms with van der Waals surface area (Å²) in [7, 11) is 1.16. The summed E-state index contributed by atoms with van der Waals surface area (Å²) < 4.78 is 62.8. The molecule has 2 heterocycles. The lowest BCUT2D eigenvalue weighted by atomic mass is 10.0. The first-order chi connectivity index (χ1) is 17.2. The largest absolute Gasteiger partial charge is 0.465 e. The van der Waals surface area contributed by atoms with E-state index in [0.29, 0.717) is 5.56 Å². The van der Waals surface area contributed by atoms with Crippen molar-refractivity contribution in [2.24, 2.45) is 0 Å². The summed E-state index contributed by atoms with van der Waals surface area (Å²) in [6.45, 7) is 4.43. The zero-order valence-electron chi connectivity index (χ0n) is 20.7. The van der Waals surface area contributed by atoms with Crippen LogP contribution in [0.15, 0.2) is 36.5 Å². The maximum absolute atomic E-state index is 14.1. The predicted molar refractivity (Wildman–Crippen MR) is 124 cm³/mol. The molecule has 0 spiro atoms. The number of ether oxygens (including phenoxy) is 2. The van der Waals surface area contributed by atoms with Crippen LogP contribution in [-0.4, -0.2) is 59.3 Å². The van der Waals surface area contributed by atoms with Gasteiger partial charge in [-0.05, 0) is 44.5 Å². The Bertz CT molecular complexity index is 1160. The number of rotatable bonds is 5. The molecule has 2 amide bonds. The van der Waals surface area contributed by atoms with Crippen molar-refractivity contribution in [1.82, 2.24) is 15.2 Å². The first kappa shape index (κ1) is 27.9. The lowest BCUT2D eigenvalue weighted by molar-refractivity contribution is -0.137. The van der Waals surface area contributed by atoms with E-state index in [-0.39, 0.29) is 36.3 Å². The summed E-state index contributed by atoms with van der Waals surface area (Å²) in [5, 5.41) is 2.60. The van der Waals surface area contributed by atoms with Crippen molar-refractivity contribution in [3.05, 3.63) is 53.2 Å². The van der Waals surface area contributed by atoms with Gasteiger partial charge in [0.15, 0.2) is 0 Å². The van der Waals surface area contributed by atoms with Crippen molar-refractivity contribution in [3.8, 4) is 11.3 Å². The molecule has 0 aliphatic carbocycles. The molecular weight excluding hydrogens is 498 g/mol. The van der Waals surface area contributed by atoms with Crippen molar-refractivity contribution in [1.29, 1.82) is 0 Å². The van der Waals surface area contributed by atoms with E-state index in [1.54, 1.807) is 20.8 Å². The van der Waals surface area contributed by atoms with Gasteiger partial charge in [0.2, 0.25) is 5.91 Å². The van der Waals surface area contributed by atoms with Crippen molar-refractivity contribution in [3.63, 3.8) is 0 Å². The topological polar surface area (TPSA) is 97.8 Å². The highest BCUT2D eigenvalue weighted by molar-refractivity contribution is 5.92. The Morgan fingerprint density at radius 2 is 1.78 bits per heavy atom. The molecule has 0 bridgehead atoms. The summed E-state index contributed by atoms with van der Waals surface area (Å²) in [6.07, 6.45) is -5.76. The molecule has 1 aliphatic heterocycles. The number of benzene rings is 1. The zero-order valence-corrected chi connectivity index (χ0v) is 20.7. The van der Waals surface area contributed by atoms with Crippen LogP contribution >= 0.6 is 0 Å². The average molecular weight is 525 g/mol. The van der Waals surface area contributed by atoms with Gasteiger partial charge in [-0.1, -0.05) is 12.1 Å². The average Bonchev–Trinajstić information content (AvgIpc) is 3.22. The lowest BCUT2D eigenvalue weighted by Gasteiger charge is -2.27. The predicted octanol–water partition coefficient (Wildman–Crippen LogP) is 4.52. The first-order valence-electron chi connectivity index (χ1n) is 11.4. The molecule has 1 aromatic carbocycles. The molecule has 8 nitrogen and oxygen atoms in total. The molecule has 1 saturated heterocycles. The van der Waals surface area contributed by atoms with Crippen molar-refractivity contribution < 1.29 is 41.4 Å². The Hall–Kier alpha value is -3.70. The molecule has 37 heavy (non-hydrogen) atoms. The normalized spacial score (nSPS) is 17.9. The number of hydrogen-bond donors (Lipinski definition) is 1. The van der Waals surface area contributed by atoms with Gasteiger partial charge in [-0.15, -0.1) is 0 Å². The van der Waals surface area contributed by atoms with Crippen molar-refractivity contribution in [2.75, 3.05) is 13.7 Å². The van der Waals surface area contributed by atoms with Crippen LogP contribution in [0.4, 0.5) is 22.4 Å². The Balaban J connectivity index is 1.82. The number of aromatic nitrogens is 1. The lowest BCUT2D eigenvalue weighted by Crippen LogP contribution is -2.47. The molecule has 0 saturated carbocycles. The minimum Gasteiger partial charge on any atom is -0.465 e. The molecule has 1 fully saturated rings. The van der Waals surface area contributed by atoms with E-state index in [9.17, 15) is 31.9 Å². The van der Waals surface area contributed by atoms with Gasteiger partial charge in [-0.25, -0.2) is 14.0 Å². The smallest absolute Gasteiger partial charge is 0.416 e. The highest BCUT2D eigenvalue weighted by Crippen LogP contribution is 2.31. The van der Waals surface area contributed by atoms with E-state index in [2.05, 4.69) is 10.3 Å². The monoisotopic (exact) mass is 525 g/mol. The third-order valence-electron chi connectivity index (χ3n) is 5.54. The van der Waals surface area contributed by atoms with Gasteiger partial charge < -0.3 is 14.8 Å². The van der Waals surface area contributed by atoms with Gasteiger partial charge in [0.1, 0.15) is 17.8 Å². The summed E-state index contributed by atoms with van der Waals surface area (Å²) >= 11 is 0. The number of halogens is 4. The Labute approximate surface area is 210 Å². The number of carbonyl (C=O) groups is 3. The molecule has 200 valence electrons. The molecule has 12 heteroatoms. The summed E-state index contributed by atoms with van der Waals surface area (Å²) in [6, 6.07) is 4.61. The number of alkyl halides is 4. The SMILES string of the molecule is COC(=O)c1cnc(-c2ccc(C(F)(F)F)cc2)cc1CNC(=O)C1CC(F)CN1C(=O)OC(C)(C)C. The van der Waals surface area contributed by atoms with E-state index in [1.165, 1.54) is 24.4 Å². The highest BCUT2D eigenvalue weighted by Gasteiger charge is 2.41. The molecule has 1 aromatic heterocycles. The third kappa shape index (κ3) is 6.95. The Kier molecular flexibility index (Phi) is 8.09. The number of nitrogens with one attached hydrogen (secondary N) is 1. The minimum atomic E-state index is -4.50. The van der Waals surface area contributed by atoms with E-state index in [0.717, 1.165) is 24.1 Å². The molecule has 1 N–H and O–H groups in total. The maximum atomic E-state index is 14.1. The van der Waals surface area contributed by atoms with Crippen LogP contribution in [0.25, 0.3) is 11.3 Å². The van der Waals surface area contributed by atoms with Gasteiger partial charge in [0, 0.05) is 24.7 Å². The quantitative estimate of drug-likeness (QED) is 0.456. The van der Waals surface area contributed by atoms with Crippen molar-refractivity contribution >= 4 is 18.0 Å². The Morgan fingerprint density at radius 3 is 2.35 bits per heavy atom. The third-order valence-corrected chi connectivity index (χ3v) is 5.54. The second-order valence-corrected chi connectivity index (χ2v) is 9.49. The standard InChI is InChI=1S/C25H27F4N3O5/c1-24(2,3)37-23(35)32-13-17(26)10-20(32)21(33)31-11-15-9-19(30-12-18(15)22(34)36-4)14-5-7-16(8-6-14)25(27,28)29/h5-9,12,17,20H,10-11,13H2,1-4H3,(H,31,33). The fraction of sp³-hybridized carbons (Fsp3) is 0.440. The molecule has 2 unspecified atom stereocenters. The van der Waals surface area contributed by atoms with E-state index in [4.69, 9.17) is 9.47 Å². The van der Waals surface area contributed by atoms with Crippen LogP contribution in [-0.2, 0) is 27.0 Å². The van der Waals surface area contributed by atoms with Crippen LogP contribution in [0.5, 0.6) is 0 Å². The fourth-order valence-corrected chi connectivity index (χ4v) is 3.78. The zero-order chi connectivity index (χ0) is 27.5. The summed E-state index contributed by atoms with van der Waals surface area (Å²) in [5.74, 6) is -1.40. The molecule has 0 radical (unpaired) electrons. The Morgan fingerprint density at radius 1 is 1.14 bits per heavy atom. The van der Waals surface area contributed by atoms with Crippen LogP contribution in [0, 0.1) is 0 Å². The number of carbonyl (C=O) groups excluding carboxylic acids is 3. The molecule has 1 aliphatic rings. The van der Waals surface area contributed by atoms with Gasteiger partial charge >= 0.3 is 18.2 Å². The van der Waals surface area contributed by atoms with Gasteiger partial charge in [0.05, 0.1) is 30.5 Å². The number of nitrogens with zero attached hydrogens (tertiary/aromatic N) is 2. The van der Waals surface area contributed by atoms with Crippen LogP contribution < -0.4 is 5.32 Å². The van der Waals surface area contributed by atoms with E-state index >= 15 is 0 Å². The van der Waals surface area contributed by atoms with E-state index in [1.807, 2.05) is 0 Å². The van der Waals surface area contributed by atoms with Crippen molar-refractivity contribution in [2.45, 2.75) is 57.7 Å². The number of hydrogen-bond acceptors (Lipinski definition) is 6. The van der Waals surface area contributed by atoms with Crippen LogP contribution in [0.2, 0.25) is 0 Å². The molecule has 2 aromatic rings. The van der Waals surface area contributed by atoms with Gasteiger partial charge in [-0.3, -0.25) is 14.7 Å². The highest BCUT2D eigenvalue weighted by atomic mass is 19.4. The van der Waals surface area contributed by atoms with Crippen LogP contribution in [0.3, 0.4) is 0 Å². The number of esters is 1. The first-order valence-corrected chi connectivity index (χ1v) is 11.4. The maximum Gasteiger partial charge on any atom is 0.416 e. The second kappa shape index (κ2) is 10.7. The summed E-state index contributed by atoms with van der Waals surface area (Å²) in [5.41, 5.74) is -0.767. The summed E-state index contributed by atoms with van der Waals surface area (Å²) in [4.78, 5) is 42.8. The number of likely N-dealkylation sites (tertiary alicyclic amines) is 1. The molecular formula is C25H27F4N3O5. The molecule has 3 rings (SSSR count). The fourth-order valence-electron chi connectivity index (χ4n) is 3.78. The van der Waals surface area contributed by atoms with Gasteiger partial charge in [-0.2, -0.15) is 13.2 Å². The minimum absolute atomic E-state index is 0.0252.